The summed E-state index contributed by atoms with van der Waals surface area (Å²) in [5.74, 6) is 0. The van der Waals surface area contributed by atoms with Gasteiger partial charge < -0.3 is 0 Å². The average molecular weight is 579 g/mol. The number of hydrogen-bond donors (Lipinski definition) is 0. The van der Waals surface area contributed by atoms with Crippen LogP contribution < -0.4 is 0 Å². The van der Waals surface area contributed by atoms with E-state index in [2.05, 4.69) is 118 Å². The fraction of sp³-hybridized carbons (Fsp3) is 0. The molecule has 0 aliphatic rings. The molecule has 0 unspecified atom stereocenters. The van der Waals surface area contributed by atoms with Crippen LogP contribution in [-0.2, 0) is 0 Å². The molecule has 0 aliphatic carbocycles. The molecule has 3 heterocycles. The molecule has 10 rings (SSSR count). The van der Waals surface area contributed by atoms with E-state index < -0.39 is 0 Å². The highest BCUT2D eigenvalue weighted by molar-refractivity contribution is 7.71. The molecule has 0 amide bonds. The first kappa shape index (κ1) is 23.9. The molecule has 0 saturated carbocycles. The Bertz CT molecular complexity index is 2880. The third-order valence-electron chi connectivity index (χ3n) is 9.07. The minimum Gasteiger partial charge on any atom is -0.288 e. The Balaban J connectivity index is 1.29. The summed E-state index contributed by atoms with van der Waals surface area (Å²) in [6.07, 6.45) is 0. The molecule has 0 saturated heterocycles. The van der Waals surface area contributed by atoms with Crippen LogP contribution in [0.3, 0.4) is 0 Å². The Morgan fingerprint density at radius 3 is 1.61 bits per heavy atom. The monoisotopic (exact) mass is 578 g/mol. The predicted molar refractivity (Wildman–Crippen MR) is 185 cm³/mol. The average Bonchev–Trinajstić information content (AvgIpc) is 3.48. The third kappa shape index (κ3) is 3.14. The smallest absolute Gasteiger partial charge is 0.183 e. The normalized spacial score (nSPS) is 12.2. The first-order valence-corrected chi connectivity index (χ1v) is 15.1. The fourth-order valence-electron chi connectivity index (χ4n) is 7.08. The summed E-state index contributed by atoms with van der Waals surface area (Å²) in [6, 6.07) is 47.3. The highest BCUT2D eigenvalue weighted by Gasteiger charge is 2.17. The van der Waals surface area contributed by atoms with Gasteiger partial charge in [0.2, 0.25) is 0 Å². The van der Waals surface area contributed by atoms with Crippen LogP contribution in [0.25, 0.3) is 87.7 Å². The van der Waals surface area contributed by atoms with Gasteiger partial charge >= 0.3 is 0 Å². The lowest BCUT2D eigenvalue weighted by Crippen LogP contribution is -2.03. The van der Waals surface area contributed by atoms with Crippen molar-refractivity contribution in [1.82, 2.24) is 18.8 Å². The second-order valence-electron chi connectivity index (χ2n) is 11.4. The predicted octanol–water partition coefficient (Wildman–Crippen LogP) is 10.3. The van der Waals surface area contributed by atoms with Crippen molar-refractivity contribution in [3.63, 3.8) is 0 Å². The Kier molecular flexibility index (Phi) is 4.71. The van der Waals surface area contributed by atoms with Gasteiger partial charge in [-0.15, -0.1) is 0 Å². The SMILES string of the molecule is S=c1c2ccccc2nc2c3nc4ccc(-c5ccc6c7ccccc7c7ccccc7c6c5)cc4n3c3ccccc3n12. The van der Waals surface area contributed by atoms with Crippen LogP contribution in [0.2, 0.25) is 0 Å². The van der Waals surface area contributed by atoms with E-state index >= 15 is 0 Å². The van der Waals surface area contributed by atoms with Crippen LogP contribution >= 0.6 is 12.2 Å². The summed E-state index contributed by atoms with van der Waals surface area (Å²) in [6.45, 7) is 0. The Morgan fingerprint density at radius 1 is 0.386 bits per heavy atom. The Hall–Kier alpha value is -5.65. The van der Waals surface area contributed by atoms with Crippen LogP contribution in [-0.4, -0.2) is 18.8 Å². The van der Waals surface area contributed by atoms with Crippen LogP contribution in [0.15, 0.2) is 133 Å². The van der Waals surface area contributed by atoms with Gasteiger partial charge in [0, 0.05) is 5.39 Å². The number of rotatable bonds is 1. The summed E-state index contributed by atoms with van der Waals surface area (Å²) in [7, 11) is 0. The summed E-state index contributed by atoms with van der Waals surface area (Å²) < 4.78 is 5.06. The van der Waals surface area contributed by atoms with Gasteiger partial charge in [0.25, 0.3) is 0 Å². The lowest BCUT2D eigenvalue weighted by atomic mass is 9.92. The van der Waals surface area contributed by atoms with Crippen LogP contribution in [0.5, 0.6) is 0 Å². The molecule has 10 aromatic rings. The van der Waals surface area contributed by atoms with Gasteiger partial charge in [-0.2, -0.15) is 0 Å². The number of hydrogen-bond acceptors (Lipinski definition) is 3. The topological polar surface area (TPSA) is 34.6 Å². The van der Waals surface area contributed by atoms with E-state index in [1.165, 1.54) is 37.9 Å². The molecule has 0 spiro atoms. The Labute approximate surface area is 256 Å². The molecule has 5 heteroatoms. The summed E-state index contributed by atoms with van der Waals surface area (Å²) in [4.78, 5) is 10.2. The zero-order valence-electron chi connectivity index (χ0n) is 23.4. The summed E-state index contributed by atoms with van der Waals surface area (Å²) in [5, 5.41) is 8.61. The molecule has 0 aliphatic heterocycles. The number of nitrogens with zero attached hydrogens (tertiary/aromatic N) is 4. The molecule has 3 aromatic heterocycles. The summed E-state index contributed by atoms with van der Waals surface area (Å²) in [5.41, 5.74) is 8.75. The highest BCUT2D eigenvalue weighted by Crippen LogP contribution is 2.38. The van der Waals surface area contributed by atoms with Crippen molar-refractivity contribution in [3.05, 3.63) is 138 Å². The molecule has 0 fully saturated rings. The summed E-state index contributed by atoms with van der Waals surface area (Å²) >= 11 is 6.04. The number of fused-ring (bicyclic) bond motifs is 15. The second kappa shape index (κ2) is 8.69. The largest absolute Gasteiger partial charge is 0.288 e. The van der Waals surface area contributed by atoms with E-state index in [0.717, 1.165) is 54.5 Å². The lowest BCUT2D eigenvalue weighted by molar-refractivity contribution is 1.13. The molecule has 7 aromatic carbocycles. The molecule has 44 heavy (non-hydrogen) atoms. The lowest BCUT2D eigenvalue weighted by Gasteiger charge is -2.13. The van der Waals surface area contributed by atoms with E-state index in [1.54, 1.807) is 0 Å². The molecule has 0 radical (unpaired) electrons. The standard InChI is InChI=1S/C39H22N4S/c44-39-30-13-5-6-14-32(30)40-38-37-41-33-20-18-24(22-36(33)42(37)34-15-7-8-16-35(34)43(38)39)23-17-19-29-27-11-2-1-9-25(27)26-10-3-4-12-28(26)31(29)21-23/h1-22H. The zero-order valence-corrected chi connectivity index (χ0v) is 24.2. The van der Waals surface area contributed by atoms with Crippen molar-refractivity contribution in [3.8, 4) is 11.1 Å². The van der Waals surface area contributed by atoms with Gasteiger partial charge in [0.1, 0.15) is 4.64 Å². The van der Waals surface area contributed by atoms with E-state index in [0.29, 0.717) is 0 Å². The van der Waals surface area contributed by atoms with Crippen molar-refractivity contribution in [2.75, 3.05) is 0 Å². The van der Waals surface area contributed by atoms with Crippen LogP contribution in [0.1, 0.15) is 0 Å². The fourth-order valence-corrected chi connectivity index (χ4v) is 7.44. The molecular weight excluding hydrogens is 557 g/mol. The minimum absolute atomic E-state index is 0.743. The number of para-hydroxylation sites is 3. The number of benzene rings is 7. The van der Waals surface area contributed by atoms with E-state index in [9.17, 15) is 0 Å². The van der Waals surface area contributed by atoms with Crippen LogP contribution in [0.4, 0.5) is 0 Å². The number of imidazole rings is 1. The number of aromatic nitrogens is 4. The molecule has 0 atom stereocenters. The van der Waals surface area contributed by atoms with Gasteiger partial charge in [0.15, 0.2) is 11.3 Å². The van der Waals surface area contributed by atoms with Crippen molar-refractivity contribution in [1.29, 1.82) is 0 Å². The van der Waals surface area contributed by atoms with E-state index in [4.69, 9.17) is 22.2 Å². The second-order valence-corrected chi connectivity index (χ2v) is 11.8. The zero-order chi connectivity index (χ0) is 28.9. The molecular formula is C39H22N4S. The van der Waals surface area contributed by atoms with Gasteiger partial charge in [0.05, 0.1) is 27.6 Å². The molecule has 4 nitrogen and oxygen atoms in total. The van der Waals surface area contributed by atoms with Gasteiger partial charge in [-0.3, -0.25) is 8.80 Å². The van der Waals surface area contributed by atoms with Crippen molar-refractivity contribution < 1.29 is 0 Å². The van der Waals surface area contributed by atoms with Gasteiger partial charge in [-0.1, -0.05) is 103 Å². The molecule has 0 bridgehead atoms. The molecule has 204 valence electrons. The first-order valence-electron chi connectivity index (χ1n) is 14.7. The van der Waals surface area contributed by atoms with E-state index in [-0.39, 0.29) is 0 Å². The first-order chi connectivity index (χ1) is 21.7. The Morgan fingerprint density at radius 2 is 0.886 bits per heavy atom. The quantitative estimate of drug-likeness (QED) is 0.110. The van der Waals surface area contributed by atoms with Crippen molar-refractivity contribution in [2.45, 2.75) is 0 Å². The maximum atomic E-state index is 6.04. The van der Waals surface area contributed by atoms with Crippen molar-refractivity contribution in [2.24, 2.45) is 0 Å². The van der Waals surface area contributed by atoms with Gasteiger partial charge in [-0.05, 0) is 85.9 Å². The molecule has 0 N–H and O–H groups in total. The highest BCUT2D eigenvalue weighted by atomic mass is 32.1. The van der Waals surface area contributed by atoms with Crippen LogP contribution in [0, 0.1) is 4.64 Å². The minimum atomic E-state index is 0.743. The van der Waals surface area contributed by atoms with Gasteiger partial charge in [-0.25, -0.2) is 9.97 Å². The van der Waals surface area contributed by atoms with Crippen molar-refractivity contribution >= 4 is 88.8 Å². The maximum Gasteiger partial charge on any atom is 0.183 e. The maximum absolute atomic E-state index is 6.04. The van der Waals surface area contributed by atoms with E-state index in [1.807, 2.05) is 24.3 Å². The third-order valence-corrected chi connectivity index (χ3v) is 9.47.